The van der Waals surface area contributed by atoms with E-state index in [1.165, 1.54) is 17.0 Å². The molecule has 5 heteroatoms. The number of halogens is 1. The number of benzene rings is 1. The average molecular weight is 304 g/mol. The van der Waals surface area contributed by atoms with Crippen LogP contribution in [0.4, 0.5) is 10.1 Å². The number of nitrogens with one attached hydrogen (secondary N) is 1. The molecule has 0 aliphatic carbocycles. The van der Waals surface area contributed by atoms with Gasteiger partial charge in [0.25, 0.3) is 0 Å². The van der Waals surface area contributed by atoms with Crippen molar-refractivity contribution in [3.8, 4) is 0 Å². The smallest absolute Gasteiger partial charge is 0.242 e. The Morgan fingerprint density at radius 1 is 1.33 bits per heavy atom. The third kappa shape index (κ3) is 3.24. The molecule has 1 aliphatic rings. The van der Waals surface area contributed by atoms with E-state index in [-0.39, 0.29) is 24.3 Å². The molecule has 1 saturated heterocycles. The Balaban J connectivity index is 1.61. The predicted molar refractivity (Wildman–Crippen MR) is 82.9 cm³/mol. The number of carbonyl (C=O) groups is 1. The Morgan fingerprint density at radius 3 is 2.86 bits per heavy atom. The largest absolute Gasteiger partial charge is 0.376 e. The fraction of sp³-hybridized carbons (Fsp3) is 0.312. The lowest BCUT2D eigenvalue weighted by atomic mass is 10.2. The molecule has 1 atom stereocenters. The summed E-state index contributed by atoms with van der Waals surface area (Å²) in [4.78, 5) is 15.6. The third-order valence-corrected chi connectivity index (χ3v) is 4.71. The molecule has 1 aliphatic heterocycles. The molecule has 2 aromatic rings. The van der Waals surface area contributed by atoms with Crippen LogP contribution in [0.15, 0.2) is 41.8 Å². The Labute approximate surface area is 127 Å². The van der Waals surface area contributed by atoms with Crippen molar-refractivity contribution in [1.29, 1.82) is 0 Å². The van der Waals surface area contributed by atoms with Crippen LogP contribution >= 0.6 is 11.3 Å². The predicted octanol–water partition coefficient (Wildman–Crippen LogP) is 3.66. The van der Waals surface area contributed by atoms with Gasteiger partial charge in [0.15, 0.2) is 0 Å². The van der Waals surface area contributed by atoms with Crippen LogP contribution in [0.3, 0.4) is 0 Å². The molecule has 1 aromatic heterocycles. The molecule has 1 N–H and O–H groups in total. The van der Waals surface area contributed by atoms with Crippen molar-refractivity contribution < 1.29 is 9.18 Å². The molecule has 0 bridgehead atoms. The van der Waals surface area contributed by atoms with Crippen LogP contribution in [-0.2, 0) is 4.79 Å². The van der Waals surface area contributed by atoms with Crippen LogP contribution in [0.2, 0.25) is 0 Å². The highest BCUT2D eigenvalue weighted by atomic mass is 32.1. The number of anilines is 1. The Morgan fingerprint density at radius 2 is 2.14 bits per heavy atom. The molecule has 3 rings (SSSR count). The van der Waals surface area contributed by atoms with Gasteiger partial charge >= 0.3 is 0 Å². The summed E-state index contributed by atoms with van der Waals surface area (Å²) < 4.78 is 12.8. The molecule has 0 spiro atoms. The van der Waals surface area contributed by atoms with Crippen molar-refractivity contribution >= 4 is 22.9 Å². The van der Waals surface area contributed by atoms with Gasteiger partial charge in [-0.3, -0.25) is 4.79 Å². The second-order valence-electron chi connectivity index (χ2n) is 5.12. The number of likely N-dealkylation sites (tertiary alicyclic amines) is 1. The fourth-order valence-corrected chi connectivity index (χ4v) is 3.56. The Bertz CT molecular complexity index is 597. The minimum absolute atomic E-state index is 0.0928. The molecule has 1 fully saturated rings. The SMILES string of the molecule is O=C(CNc1ccc(F)cc1)N1CCCC1c1cccs1. The molecule has 2 heterocycles. The molecule has 0 radical (unpaired) electrons. The number of hydrogen-bond donors (Lipinski definition) is 1. The Hall–Kier alpha value is -1.88. The molecule has 3 nitrogen and oxygen atoms in total. The molecule has 0 saturated carbocycles. The highest BCUT2D eigenvalue weighted by molar-refractivity contribution is 7.10. The summed E-state index contributed by atoms with van der Waals surface area (Å²) >= 11 is 1.70. The molecular weight excluding hydrogens is 287 g/mol. The van der Waals surface area contributed by atoms with E-state index in [4.69, 9.17) is 0 Å². The standard InChI is InChI=1S/C16H17FN2OS/c17-12-5-7-13(8-6-12)18-11-16(20)19-9-1-3-14(19)15-4-2-10-21-15/h2,4-8,10,14,18H,1,3,9,11H2. The van der Waals surface area contributed by atoms with Crippen molar-refractivity contribution in [2.24, 2.45) is 0 Å². The summed E-state index contributed by atoms with van der Waals surface area (Å²) in [6, 6.07) is 10.4. The van der Waals surface area contributed by atoms with Crippen LogP contribution in [-0.4, -0.2) is 23.9 Å². The highest BCUT2D eigenvalue weighted by Crippen LogP contribution is 2.34. The van der Waals surface area contributed by atoms with Gasteiger partial charge in [-0.05, 0) is 48.6 Å². The van der Waals surface area contributed by atoms with Gasteiger partial charge in [0.05, 0.1) is 12.6 Å². The zero-order valence-electron chi connectivity index (χ0n) is 11.6. The van der Waals surface area contributed by atoms with Gasteiger partial charge in [-0.1, -0.05) is 6.07 Å². The summed E-state index contributed by atoms with van der Waals surface area (Å²) in [6.45, 7) is 1.06. The highest BCUT2D eigenvalue weighted by Gasteiger charge is 2.30. The van der Waals surface area contributed by atoms with Gasteiger partial charge < -0.3 is 10.2 Å². The second kappa shape index (κ2) is 6.26. The summed E-state index contributed by atoms with van der Waals surface area (Å²) in [5.41, 5.74) is 0.761. The van der Waals surface area contributed by atoms with Gasteiger partial charge in [0.2, 0.25) is 5.91 Å². The number of thiophene rings is 1. The molecule has 1 aromatic carbocycles. The average Bonchev–Trinajstić information content (AvgIpc) is 3.16. The van der Waals surface area contributed by atoms with E-state index in [9.17, 15) is 9.18 Å². The molecule has 21 heavy (non-hydrogen) atoms. The third-order valence-electron chi connectivity index (χ3n) is 3.73. The number of nitrogens with zero attached hydrogens (tertiary/aromatic N) is 1. The minimum Gasteiger partial charge on any atom is -0.376 e. The maximum absolute atomic E-state index is 12.8. The van der Waals surface area contributed by atoms with Gasteiger partial charge in [-0.15, -0.1) is 11.3 Å². The normalized spacial score (nSPS) is 18.0. The van der Waals surface area contributed by atoms with Crippen molar-refractivity contribution in [1.82, 2.24) is 4.90 Å². The van der Waals surface area contributed by atoms with Gasteiger partial charge in [0.1, 0.15) is 5.82 Å². The summed E-state index contributed by atoms with van der Waals surface area (Å²) in [5, 5.41) is 5.11. The van der Waals surface area contributed by atoms with E-state index >= 15 is 0 Å². The van der Waals surface area contributed by atoms with Gasteiger partial charge in [-0.25, -0.2) is 4.39 Å². The van der Waals surface area contributed by atoms with E-state index in [1.54, 1.807) is 23.5 Å². The minimum atomic E-state index is -0.274. The van der Waals surface area contributed by atoms with E-state index in [2.05, 4.69) is 11.4 Å². The van der Waals surface area contributed by atoms with Crippen LogP contribution in [0.25, 0.3) is 0 Å². The fourth-order valence-electron chi connectivity index (χ4n) is 2.69. The number of carbonyl (C=O) groups excluding carboxylic acids is 1. The zero-order chi connectivity index (χ0) is 14.7. The topological polar surface area (TPSA) is 32.3 Å². The lowest BCUT2D eigenvalue weighted by Crippen LogP contribution is -2.34. The number of amides is 1. The van der Waals surface area contributed by atoms with Crippen molar-refractivity contribution in [2.45, 2.75) is 18.9 Å². The van der Waals surface area contributed by atoms with E-state index < -0.39 is 0 Å². The van der Waals surface area contributed by atoms with Gasteiger partial charge in [0, 0.05) is 17.1 Å². The van der Waals surface area contributed by atoms with E-state index in [0.717, 1.165) is 25.1 Å². The first-order valence-electron chi connectivity index (χ1n) is 7.06. The molecule has 1 amide bonds. The summed E-state index contributed by atoms with van der Waals surface area (Å²) in [7, 11) is 0. The van der Waals surface area contributed by atoms with Crippen LogP contribution in [0, 0.1) is 5.82 Å². The maximum atomic E-state index is 12.8. The van der Waals surface area contributed by atoms with Gasteiger partial charge in [-0.2, -0.15) is 0 Å². The second-order valence-corrected chi connectivity index (χ2v) is 6.10. The first-order chi connectivity index (χ1) is 10.2. The summed E-state index contributed by atoms with van der Waals surface area (Å²) in [5.74, 6) is -0.181. The lowest BCUT2D eigenvalue weighted by Gasteiger charge is -2.24. The molecule has 1 unspecified atom stereocenters. The molecule has 110 valence electrons. The van der Waals surface area contributed by atoms with Crippen molar-refractivity contribution in [2.75, 3.05) is 18.4 Å². The van der Waals surface area contributed by atoms with Crippen LogP contribution in [0.5, 0.6) is 0 Å². The summed E-state index contributed by atoms with van der Waals surface area (Å²) in [6.07, 6.45) is 2.08. The quantitative estimate of drug-likeness (QED) is 0.935. The number of hydrogen-bond acceptors (Lipinski definition) is 3. The Kier molecular flexibility index (Phi) is 4.20. The first kappa shape index (κ1) is 14.1. The zero-order valence-corrected chi connectivity index (χ0v) is 12.4. The monoisotopic (exact) mass is 304 g/mol. The first-order valence-corrected chi connectivity index (χ1v) is 7.94. The maximum Gasteiger partial charge on any atom is 0.242 e. The van der Waals surface area contributed by atoms with Crippen molar-refractivity contribution in [3.63, 3.8) is 0 Å². The number of rotatable bonds is 4. The van der Waals surface area contributed by atoms with Crippen LogP contribution in [0.1, 0.15) is 23.8 Å². The van der Waals surface area contributed by atoms with Crippen LogP contribution < -0.4 is 5.32 Å². The molecular formula is C16H17FN2OS. The lowest BCUT2D eigenvalue weighted by molar-refractivity contribution is -0.130. The van der Waals surface area contributed by atoms with Crippen molar-refractivity contribution in [3.05, 3.63) is 52.5 Å². The van der Waals surface area contributed by atoms with E-state index in [1.807, 2.05) is 16.3 Å². The van der Waals surface area contributed by atoms with E-state index in [0.29, 0.717) is 0 Å².